The van der Waals surface area contributed by atoms with Gasteiger partial charge in [0.1, 0.15) is 12.4 Å². The van der Waals surface area contributed by atoms with Gasteiger partial charge < -0.3 is 14.2 Å². The van der Waals surface area contributed by atoms with Gasteiger partial charge in [0.25, 0.3) is 5.91 Å². The summed E-state index contributed by atoms with van der Waals surface area (Å²) >= 11 is 0. The van der Waals surface area contributed by atoms with E-state index < -0.39 is 0 Å². The Balaban J connectivity index is 1.56. The molecule has 0 radical (unpaired) electrons. The van der Waals surface area contributed by atoms with Crippen LogP contribution in [0.1, 0.15) is 18.1 Å². The minimum atomic E-state index is -0.302. The molecule has 2 aromatic carbocycles. The molecular weight excluding hydrogens is 389 g/mol. The summed E-state index contributed by atoms with van der Waals surface area (Å²) in [4.78, 5) is 14.0. The zero-order valence-electron chi connectivity index (χ0n) is 17.0. The predicted octanol–water partition coefficient (Wildman–Crippen LogP) is 2.59. The van der Waals surface area contributed by atoms with E-state index in [4.69, 9.17) is 14.2 Å². The molecule has 0 atom stereocenters. The highest BCUT2D eigenvalue weighted by Crippen LogP contribution is 2.29. The number of halogens is 1. The van der Waals surface area contributed by atoms with Crippen LogP contribution in [0.15, 0.2) is 47.6 Å². The lowest BCUT2D eigenvalue weighted by Crippen LogP contribution is -2.42. The lowest BCUT2D eigenvalue weighted by molar-refractivity contribution is -0.123. The molecule has 8 heteroatoms. The Kier molecular flexibility index (Phi) is 8.17. The van der Waals surface area contributed by atoms with Gasteiger partial charge in [-0.3, -0.25) is 9.69 Å². The second kappa shape index (κ2) is 11.3. The number of rotatable bonds is 9. The van der Waals surface area contributed by atoms with Gasteiger partial charge in [0.2, 0.25) is 0 Å². The molecule has 1 amide bonds. The van der Waals surface area contributed by atoms with E-state index in [1.54, 1.807) is 36.5 Å². The van der Waals surface area contributed by atoms with E-state index in [-0.39, 0.29) is 24.9 Å². The maximum absolute atomic E-state index is 13.3. The quantitative estimate of drug-likeness (QED) is 0.504. The standard InChI is InChI=1S/C22H26FN3O4/c1-2-29-21-13-17(14-24-25-22(27)15-26-8-10-28-11-9-26)6-7-20(21)30-16-18-4-3-5-19(23)12-18/h3-7,12-14H,2,8-11,15-16H2,1H3,(H,25,27)/b24-14-. The topological polar surface area (TPSA) is 72.4 Å². The van der Waals surface area contributed by atoms with E-state index in [0.29, 0.717) is 31.3 Å². The molecule has 1 heterocycles. The molecule has 3 rings (SSSR count). The van der Waals surface area contributed by atoms with Crippen molar-refractivity contribution < 1.29 is 23.4 Å². The van der Waals surface area contributed by atoms with Gasteiger partial charge >= 0.3 is 0 Å². The Bertz CT molecular complexity index is 869. The second-order valence-corrected chi connectivity index (χ2v) is 6.74. The summed E-state index contributed by atoms with van der Waals surface area (Å²) in [5, 5.41) is 4.02. The van der Waals surface area contributed by atoms with Gasteiger partial charge in [-0.25, -0.2) is 9.82 Å². The maximum Gasteiger partial charge on any atom is 0.254 e. The molecule has 160 valence electrons. The van der Waals surface area contributed by atoms with Crippen molar-refractivity contribution in [2.75, 3.05) is 39.5 Å². The molecule has 0 unspecified atom stereocenters. The highest BCUT2D eigenvalue weighted by atomic mass is 19.1. The van der Waals surface area contributed by atoms with Gasteiger partial charge in [0, 0.05) is 13.1 Å². The summed E-state index contributed by atoms with van der Waals surface area (Å²) in [5.74, 6) is 0.628. The van der Waals surface area contributed by atoms with Crippen LogP contribution >= 0.6 is 0 Å². The van der Waals surface area contributed by atoms with Gasteiger partial charge in [0.05, 0.1) is 32.6 Å². The van der Waals surface area contributed by atoms with E-state index in [9.17, 15) is 9.18 Å². The summed E-state index contributed by atoms with van der Waals surface area (Å²) in [6.45, 7) is 5.63. The number of hydrazone groups is 1. The summed E-state index contributed by atoms with van der Waals surface area (Å²) in [6, 6.07) is 11.6. The van der Waals surface area contributed by atoms with Crippen molar-refractivity contribution in [3.63, 3.8) is 0 Å². The third kappa shape index (κ3) is 6.82. The third-order valence-corrected chi connectivity index (χ3v) is 4.42. The maximum atomic E-state index is 13.3. The van der Waals surface area contributed by atoms with Gasteiger partial charge in [-0.05, 0) is 48.4 Å². The average Bonchev–Trinajstić information content (AvgIpc) is 2.74. The van der Waals surface area contributed by atoms with Crippen LogP contribution in [0.2, 0.25) is 0 Å². The van der Waals surface area contributed by atoms with Crippen molar-refractivity contribution in [1.29, 1.82) is 0 Å². The fourth-order valence-electron chi connectivity index (χ4n) is 2.96. The van der Waals surface area contributed by atoms with Crippen molar-refractivity contribution in [3.8, 4) is 11.5 Å². The van der Waals surface area contributed by atoms with E-state index in [1.165, 1.54) is 12.1 Å². The number of nitrogens with zero attached hydrogens (tertiary/aromatic N) is 2. The van der Waals surface area contributed by atoms with Crippen LogP contribution in [0, 0.1) is 5.82 Å². The first-order chi connectivity index (χ1) is 14.6. The van der Waals surface area contributed by atoms with Crippen LogP contribution < -0.4 is 14.9 Å². The Morgan fingerprint density at radius 1 is 1.20 bits per heavy atom. The first-order valence-electron chi connectivity index (χ1n) is 9.90. The van der Waals surface area contributed by atoms with Crippen molar-refractivity contribution in [3.05, 3.63) is 59.4 Å². The Morgan fingerprint density at radius 3 is 2.80 bits per heavy atom. The van der Waals surface area contributed by atoms with E-state index in [0.717, 1.165) is 24.2 Å². The smallest absolute Gasteiger partial charge is 0.254 e. The van der Waals surface area contributed by atoms with Gasteiger partial charge in [-0.15, -0.1) is 0 Å². The molecule has 0 spiro atoms. The summed E-state index contributed by atoms with van der Waals surface area (Å²) < 4.78 is 30.0. The largest absolute Gasteiger partial charge is 0.490 e. The van der Waals surface area contributed by atoms with Crippen LogP contribution in [0.5, 0.6) is 11.5 Å². The minimum Gasteiger partial charge on any atom is -0.490 e. The molecule has 1 fully saturated rings. The van der Waals surface area contributed by atoms with Gasteiger partial charge in [0.15, 0.2) is 11.5 Å². The van der Waals surface area contributed by atoms with Gasteiger partial charge in [-0.2, -0.15) is 5.10 Å². The summed E-state index contributed by atoms with van der Waals surface area (Å²) in [7, 11) is 0. The molecule has 7 nitrogen and oxygen atoms in total. The monoisotopic (exact) mass is 415 g/mol. The van der Waals surface area contributed by atoms with Crippen LogP contribution in [-0.2, 0) is 16.1 Å². The Hall–Kier alpha value is -2.97. The zero-order chi connectivity index (χ0) is 21.2. The van der Waals surface area contributed by atoms with Gasteiger partial charge in [-0.1, -0.05) is 12.1 Å². The van der Waals surface area contributed by atoms with Crippen LogP contribution in [0.4, 0.5) is 4.39 Å². The molecule has 0 aliphatic carbocycles. The normalized spacial score (nSPS) is 14.6. The lowest BCUT2D eigenvalue weighted by atomic mass is 10.2. The number of carbonyl (C=O) groups is 1. The van der Waals surface area contributed by atoms with E-state index in [1.807, 2.05) is 11.8 Å². The Morgan fingerprint density at radius 2 is 2.03 bits per heavy atom. The molecule has 1 aliphatic heterocycles. The SMILES string of the molecule is CCOc1cc(/C=N\NC(=O)CN2CCOCC2)ccc1OCc1cccc(F)c1. The number of amides is 1. The van der Waals surface area contributed by atoms with Crippen molar-refractivity contribution in [1.82, 2.24) is 10.3 Å². The number of hydrogen-bond donors (Lipinski definition) is 1. The van der Waals surface area contributed by atoms with E-state index in [2.05, 4.69) is 10.5 Å². The minimum absolute atomic E-state index is 0.173. The Labute approximate surface area is 175 Å². The number of hydrogen-bond acceptors (Lipinski definition) is 6. The second-order valence-electron chi connectivity index (χ2n) is 6.74. The summed E-state index contributed by atoms with van der Waals surface area (Å²) in [5.41, 5.74) is 4.02. The molecule has 0 saturated carbocycles. The molecule has 30 heavy (non-hydrogen) atoms. The molecule has 0 aromatic heterocycles. The molecule has 1 aliphatic rings. The fourth-order valence-corrected chi connectivity index (χ4v) is 2.96. The highest BCUT2D eigenvalue weighted by molar-refractivity contribution is 5.83. The van der Waals surface area contributed by atoms with Crippen LogP contribution in [0.25, 0.3) is 0 Å². The van der Waals surface area contributed by atoms with Crippen molar-refractivity contribution in [2.24, 2.45) is 5.10 Å². The number of benzene rings is 2. The first-order valence-corrected chi connectivity index (χ1v) is 9.90. The molecule has 2 aromatic rings. The van der Waals surface area contributed by atoms with Crippen molar-refractivity contribution in [2.45, 2.75) is 13.5 Å². The number of ether oxygens (including phenoxy) is 3. The average molecular weight is 415 g/mol. The number of morpholine rings is 1. The van der Waals surface area contributed by atoms with E-state index >= 15 is 0 Å². The summed E-state index contributed by atoms with van der Waals surface area (Å²) in [6.07, 6.45) is 1.55. The first kappa shape index (κ1) is 21.7. The fraction of sp³-hybridized carbons (Fsp3) is 0.364. The zero-order valence-corrected chi connectivity index (χ0v) is 17.0. The third-order valence-electron chi connectivity index (χ3n) is 4.42. The van der Waals surface area contributed by atoms with Crippen molar-refractivity contribution >= 4 is 12.1 Å². The number of nitrogens with one attached hydrogen (secondary N) is 1. The molecule has 1 N–H and O–H groups in total. The van der Waals surface area contributed by atoms with Crippen LogP contribution in [0.3, 0.4) is 0 Å². The lowest BCUT2D eigenvalue weighted by Gasteiger charge is -2.25. The predicted molar refractivity (Wildman–Crippen MR) is 111 cm³/mol. The molecular formula is C22H26FN3O4. The molecule has 0 bridgehead atoms. The number of carbonyl (C=O) groups excluding carboxylic acids is 1. The molecule has 1 saturated heterocycles. The highest BCUT2D eigenvalue weighted by Gasteiger charge is 2.13. The van der Waals surface area contributed by atoms with Crippen LogP contribution in [-0.4, -0.2) is 56.5 Å².